The molecule has 1 aliphatic heterocycles. The van der Waals surface area contributed by atoms with Crippen LogP contribution < -0.4 is 10.1 Å². The summed E-state index contributed by atoms with van der Waals surface area (Å²) in [6, 6.07) is 6.56. The first kappa shape index (κ1) is 25.7. The highest BCUT2D eigenvalue weighted by Crippen LogP contribution is 2.20. The van der Waals surface area contributed by atoms with Gasteiger partial charge >= 0.3 is 6.18 Å². The van der Waals surface area contributed by atoms with Crippen molar-refractivity contribution in [3.05, 3.63) is 48.0 Å². The Balaban J connectivity index is 0.00000363. The molecule has 12 heteroatoms. The van der Waals surface area contributed by atoms with Crippen molar-refractivity contribution in [3.8, 4) is 5.88 Å². The zero-order valence-corrected chi connectivity index (χ0v) is 19.8. The number of hydrogen-bond donors (Lipinski definition) is 1. The zero-order valence-electron chi connectivity index (χ0n) is 17.5. The third-order valence-corrected chi connectivity index (χ3v) is 4.55. The van der Waals surface area contributed by atoms with E-state index in [1.54, 1.807) is 29.2 Å². The molecule has 1 amide bonds. The average molecular weight is 567 g/mol. The van der Waals surface area contributed by atoms with Crippen LogP contribution in [0.1, 0.15) is 23.0 Å². The third-order valence-electron chi connectivity index (χ3n) is 4.55. The molecule has 3 heterocycles. The first-order chi connectivity index (χ1) is 14.9. The predicted octanol–water partition coefficient (Wildman–Crippen LogP) is 3.16. The van der Waals surface area contributed by atoms with Gasteiger partial charge in [0.05, 0.1) is 12.8 Å². The molecule has 32 heavy (non-hydrogen) atoms. The first-order valence-corrected chi connectivity index (χ1v) is 9.87. The van der Waals surface area contributed by atoms with E-state index in [-0.39, 0.29) is 42.3 Å². The molecule has 0 spiro atoms. The number of nitrogens with zero attached hydrogens (tertiary/aromatic N) is 4. The number of carbonyl (C=O) groups is 1. The van der Waals surface area contributed by atoms with Gasteiger partial charge < -0.3 is 24.3 Å². The minimum atomic E-state index is -4.44. The number of guanidine groups is 1. The molecule has 0 aliphatic carbocycles. The molecule has 3 rings (SSSR count). The largest absolute Gasteiger partial charge is 0.468 e. The van der Waals surface area contributed by atoms with Crippen LogP contribution in [0.3, 0.4) is 0 Å². The van der Waals surface area contributed by atoms with Gasteiger partial charge in [-0.05, 0) is 25.1 Å². The van der Waals surface area contributed by atoms with Crippen LogP contribution in [0.2, 0.25) is 0 Å². The maximum atomic E-state index is 12.5. The van der Waals surface area contributed by atoms with Crippen molar-refractivity contribution in [3.63, 3.8) is 0 Å². The van der Waals surface area contributed by atoms with Gasteiger partial charge in [-0.1, -0.05) is 6.07 Å². The molecule has 1 aliphatic rings. The maximum absolute atomic E-state index is 12.5. The number of furan rings is 1. The van der Waals surface area contributed by atoms with Gasteiger partial charge in [-0.3, -0.25) is 4.79 Å². The lowest BCUT2D eigenvalue weighted by Gasteiger charge is -2.36. The van der Waals surface area contributed by atoms with Gasteiger partial charge in [0.1, 0.15) is 0 Å². The first-order valence-electron chi connectivity index (χ1n) is 9.87. The van der Waals surface area contributed by atoms with E-state index in [0.717, 1.165) is 0 Å². The second-order valence-corrected chi connectivity index (χ2v) is 6.80. The summed E-state index contributed by atoms with van der Waals surface area (Å²) < 4.78 is 47.4. The molecule has 1 fully saturated rings. The van der Waals surface area contributed by atoms with Crippen molar-refractivity contribution in [2.45, 2.75) is 19.6 Å². The Bertz CT molecular complexity index is 885. The van der Waals surface area contributed by atoms with Crippen molar-refractivity contribution in [2.24, 2.45) is 4.99 Å². The summed E-state index contributed by atoms with van der Waals surface area (Å²) in [6.45, 7) is 3.35. The Kier molecular flexibility index (Phi) is 9.60. The summed E-state index contributed by atoms with van der Waals surface area (Å²) in [5, 5.41) is 3.18. The second kappa shape index (κ2) is 11.9. The zero-order chi connectivity index (χ0) is 22.3. The summed E-state index contributed by atoms with van der Waals surface area (Å²) >= 11 is 0. The van der Waals surface area contributed by atoms with Crippen LogP contribution in [-0.2, 0) is 6.54 Å². The number of carbonyl (C=O) groups excluding carboxylic acids is 1. The summed E-state index contributed by atoms with van der Waals surface area (Å²) in [6.07, 6.45) is -1.61. The van der Waals surface area contributed by atoms with Crippen molar-refractivity contribution in [2.75, 3.05) is 39.3 Å². The summed E-state index contributed by atoms with van der Waals surface area (Å²) in [4.78, 5) is 24.6. The fourth-order valence-corrected chi connectivity index (χ4v) is 3.09. The van der Waals surface area contributed by atoms with Crippen LogP contribution in [0.15, 0.2) is 46.1 Å². The van der Waals surface area contributed by atoms with Crippen molar-refractivity contribution in [1.29, 1.82) is 0 Å². The Morgan fingerprint density at radius 3 is 2.56 bits per heavy atom. The van der Waals surface area contributed by atoms with E-state index < -0.39 is 12.8 Å². The lowest BCUT2D eigenvalue weighted by atomic mass is 10.2. The SMILES string of the molecule is CCNC(=NCc1cccnc1OCC(F)(F)F)N1CCN(C(=O)c2ccco2)CC1.I. The fourth-order valence-electron chi connectivity index (χ4n) is 3.09. The van der Waals surface area contributed by atoms with Crippen LogP contribution in [0.5, 0.6) is 5.88 Å². The van der Waals surface area contributed by atoms with Gasteiger partial charge in [0.15, 0.2) is 18.3 Å². The summed E-state index contributed by atoms with van der Waals surface area (Å²) in [5.74, 6) is 0.664. The van der Waals surface area contributed by atoms with E-state index in [9.17, 15) is 18.0 Å². The quantitative estimate of drug-likeness (QED) is 0.328. The van der Waals surface area contributed by atoms with Crippen LogP contribution in [0.4, 0.5) is 13.2 Å². The third kappa shape index (κ3) is 7.28. The molecule has 0 atom stereocenters. The lowest BCUT2D eigenvalue weighted by molar-refractivity contribution is -0.154. The molecule has 1 N–H and O–H groups in total. The topological polar surface area (TPSA) is 83.2 Å². The van der Waals surface area contributed by atoms with Crippen LogP contribution in [0, 0.1) is 0 Å². The molecular weight excluding hydrogens is 542 g/mol. The second-order valence-electron chi connectivity index (χ2n) is 6.80. The van der Waals surface area contributed by atoms with Crippen molar-refractivity contribution < 1.29 is 27.1 Å². The monoisotopic (exact) mass is 567 g/mol. The predicted molar refractivity (Wildman–Crippen MR) is 122 cm³/mol. The molecule has 2 aromatic rings. The van der Waals surface area contributed by atoms with Gasteiger partial charge in [-0.2, -0.15) is 13.2 Å². The Hall–Kier alpha value is -2.51. The minimum absolute atomic E-state index is 0. The molecule has 0 aromatic carbocycles. The number of aliphatic imine (C=N–C) groups is 1. The molecular formula is C20H25F3IN5O3. The number of nitrogens with one attached hydrogen (secondary N) is 1. The number of alkyl halides is 3. The van der Waals surface area contributed by atoms with Gasteiger partial charge in [-0.15, -0.1) is 24.0 Å². The minimum Gasteiger partial charge on any atom is -0.468 e. The fraction of sp³-hybridized carbons (Fsp3) is 0.450. The number of piperazine rings is 1. The Morgan fingerprint density at radius 2 is 1.94 bits per heavy atom. The number of ether oxygens (including phenoxy) is 1. The highest BCUT2D eigenvalue weighted by atomic mass is 127. The average Bonchev–Trinajstić information content (AvgIpc) is 3.30. The number of hydrogen-bond acceptors (Lipinski definition) is 5. The maximum Gasteiger partial charge on any atom is 0.422 e. The van der Waals surface area contributed by atoms with Crippen molar-refractivity contribution in [1.82, 2.24) is 20.1 Å². The van der Waals surface area contributed by atoms with Crippen LogP contribution in [-0.4, -0.2) is 72.2 Å². The number of rotatable bonds is 6. The van der Waals surface area contributed by atoms with E-state index in [0.29, 0.717) is 50.0 Å². The van der Waals surface area contributed by atoms with E-state index in [4.69, 9.17) is 9.15 Å². The van der Waals surface area contributed by atoms with E-state index in [2.05, 4.69) is 15.3 Å². The van der Waals surface area contributed by atoms with E-state index in [1.807, 2.05) is 11.8 Å². The molecule has 0 radical (unpaired) electrons. The molecule has 2 aromatic heterocycles. The molecule has 0 bridgehead atoms. The van der Waals surface area contributed by atoms with Gasteiger partial charge in [-0.25, -0.2) is 9.98 Å². The molecule has 1 saturated heterocycles. The molecule has 8 nitrogen and oxygen atoms in total. The number of aromatic nitrogens is 1. The molecule has 0 saturated carbocycles. The standard InChI is InChI=1S/C20H24F3N5O3.HI/c1-2-24-19(26-13-15-5-3-7-25-17(15)31-14-20(21,22)23)28-10-8-27(9-11-28)18(29)16-6-4-12-30-16;/h3-7,12H,2,8-11,13-14H2,1H3,(H,24,26);1H. The highest BCUT2D eigenvalue weighted by Gasteiger charge is 2.29. The normalized spacial score (nSPS) is 14.7. The van der Waals surface area contributed by atoms with Gasteiger partial charge in [0.25, 0.3) is 5.91 Å². The number of amides is 1. The van der Waals surface area contributed by atoms with Gasteiger partial charge in [0.2, 0.25) is 5.88 Å². The van der Waals surface area contributed by atoms with Crippen molar-refractivity contribution >= 4 is 35.8 Å². The summed E-state index contributed by atoms with van der Waals surface area (Å²) in [5.41, 5.74) is 0.453. The van der Waals surface area contributed by atoms with E-state index in [1.165, 1.54) is 12.5 Å². The Morgan fingerprint density at radius 1 is 1.22 bits per heavy atom. The smallest absolute Gasteiger partial charge is 0.422 e. The molecule has 0 unspecified atom stereocenters. The molecule has 176 valence electrons. The van der Waals surface area contributed by atoms with Gasteiger partial charge in [0, 0.05) is 44.5 Å². The number of pyridine rings is 1. The number of halogens is 4. The van der Waals surface area contributed by atoms with E-state index >= 15 is 0 Å². The van der Waals surface area contributed by atoms with Crippen LogP contribution >= 0.6 is 24.0 Å². The van der Waals surface area contributed by atoms with Crippen LogP contribution in [0.25, 0.3) is 0 Å². The Labute approximate surface area is 200 Å². The lowest BCUT2D eigenvalue weighted by Crippen LogP contribution is -2.53. The highest BCUT2D eigenvalue weighted by molar-refractivity contribution is 14.0. The summed E-state index contributed by atoms with van der Waals surface area (Å²) in [7, 11) is 0.